The van der Waals surface area contributed by atoms with Crippen molar-refractivity contribution in [3.05, 3.63) is 0 Å². The summed E-state index contributed by atoms with van der Waals surface area (Å²) in [4.78, 5) is 22.8. The van der Waals surface area contributed by atoms with Crippen molar-refractivity contribution in [1.82, 2.24) is 0 Å². The SMILES string of the molecule is CC.O=C(O)C12CC3CC(C1)CC(C(=O)O)(C3)C2. The van der Waals surface area contributed by atoms with Crippen LogP contribution in [0.25, 0.3) is 0 Å². The molecule has 0 saturated heterocycles. The van der Waals surface area contributed by atoms with Crippen LogP contribution in [0.2, 0.25) is 0 Å². The molecule has 4 heteroatoms. The summed E-state index contributed by atoms with van der Waals surface area (Å²) >= 11 is 0. The molecule has 0 aliphatic heterocycles. The highest BCUT2D eigenvalue weighted by Crippen LogP contribution is 2.65. The summed E-state index contributed by atoms with van der Waals surface area (Å²) in [6.07, 6.45) is 4.21. The van der Waals surface area contributed by atoms with E-state index in [9.17, 15) is 19.8 Å². The molecule has 102 valence electrons. The minimum Gasteiger partial charge on any atom is -0.481 e. The summed E-state index contributed by atoms with van der Waals surface area (Å²) in [5, 5.41) is 18.8. The Morgan fingerprint density at radius 1 is 0.889 bits per heavy atom. The molecule has 0 aromatic heterocycles. The molecule has 4 rings (SSSR count). The van der Waals surface area contributed by atoms with Gasteiger partial charge in [-0.1, -0.05) is 13.8 Å². The van der Waals surface area contributed by atoms with Gasteiger partial charge in [-0.2, -0.15) is 0 Å². The summed E-state index contributed by atoms with van der Waals surface area (Å²) < 4.78 is 0. The Kier molecular flexibility index (Phi) is 3.16. The van der Waals surface area contributed by atoms with Gasteiger partial charge >= 0.3 is 11.9 Å². The standard InChI is InChI=1S/C12H16O4.C2H6/c13-9(14)11-2-7-1-8(4-11)5-12(3-7,6-11)10(15)16;1-2/h7-8H,1-6H2,(H,13,14)(H,15,16);1-2H3. The lowest BCUT2D eigenvalue weighted by Gasteiger charge is -2.58. The number of carbonyl (C=O) groups is 2. The maximum absolute atomic E-state index is 11.4. The molecule has 4 aliphatic carbocycles. The van der Waals surface area contributed by atoms with Crippen molar-refractivity contribution in [2.45, 2.75) is 52.4 Å². The van der Waals surface area contributed by atoms with Gasteiger partial charge in [0.05, 0.1) is 10.8 Å². The van der Waals surface area contributed by atoms with Crippen LogP contribution in [0, 0.1) is 22.7 Å². The first kappa shape index (κ1) is 13.4. The molecule has 4 aliphatic rings. The van der Waals surface area contributed by atoms with E-state index in [1.165, 1.54) is 0 Å². The molecule has 18 heavy (non-hydrogen) atoms. The molecule has 0 amide bonds. The Balaban J connectivity index is 0.000000574. The summed E-state index contributed by atoms with van der Waals surface area (Å²) in [6.45, 7) is 4.00. The molecular formula is C14H22O4. The fourth-order valence-corrected chi connectivity index (χ4v) is 4.76. The van der Waals surface area contributed by atoms with Crippen molar-refractivity contribution >= 4 is 11.9 Å². The van der Waals surface area contributed by atoms with Crippen molar-refractivity contribution in [2.24, 2.45) is 22.7 Å². The van der Waals surface area contributed by atoms with E-state index in [-0.39, 0.29) is 0 Å². The normalized spacial score (nSPS) is 44.1. The largest absolute Gasteiger partial charge is 0.481 e. The highest BCUT2D eigenvalue weighted by Gasteiger charge is 2.63. The fourth-order valence-electron chi connectivity index (χ4n) is 4.76. The second-order valence-corrected chi connectivity index (χ2v) is 6.13. The number of carboxylic acids is 2. The Hall–Kier alpha value is -1.06. The van der Waals surface area contributed by atoms with Crippen LogP contribution in [0.1, 0.15) is 52.4 Å². The zero-order valence-electron chi connectivity index (χ0n) is 11.1. The first-order valence-electron chi connectivity index (χ1n) is 6.93. The molecule has 0 spiro atoms. The zero-order valence-corrected chi connectivity index (χ0v) is 11.1. The average Bonchev–Trinajstić information content (AvgIpc) is 2.29. The van der Waals surface area contributed by atoms with Gasteiger partial charge in [-0.05, 0) is 50.4 Å². The Morgan fingerprint density at radius 3 is 1.50 bits per heavy atom. The van der Waals surface area contributed by atoms with Crippen LogP contribution in [0.4, 0.5) is 0 Å². The Morgan fingerprint density at radius 2 is 1.22 bits per heavy atom. The monoisotopic (exact) mass is 254 g/mol. The predicted octanol–water partition coefficient (Wildman–Crippen LogP) is 2.77. The molecule has 0 atom stereocenters. The second-order valence-electron chi connectivity index (χ2n) is 6.13. The van der Waals surface area contributed by atoms with Gasteiger partial charge in [-0.25, -0.2) is 0 Å². The van der Waals surface area contributed by atoms with Crippen LogP contribution in [-0.2, 0) is 9.59 Å². The molecule has 0 unspecified atom stereocenters. The first-order valence-corrected chi connectivity index (χ1v) is 6.93. The van der Waals surface area contributed by atoms with Crippen LogP contribution in [0.5, 0.6) is 0 Å². The summed E-state index contributed by atoms with van der Waals surface area (Å²) in [5.74, 6) is -0.888. The lowest BCUT2D eigenvalue weighted by atomic mass is 9.44. The Labute approximate surface area is 107 Å². The van der Waals surface area contributed by atoms with Gasteiger partial charge < -0.3 is 10.2 Å². The number of rotatable bonds is 2. The van der Waals surface area contributed by atoms with E-state index in [1.54, 1.807) is 0 Å². The fraction of sp³-hybridized carbons (Fsp3) is 0.857. The smallest absolute Gasteiger partial charge is 0.309 e. The van der Waals surface area contributed by atoms with Crippen molar-refractivity contribution in [3.63, 3.8) is 0 Å². The van der Waals surface area contributed by atoms with Crippen LogP contribution in [0.3, 0.4) is 0 Å². The lowest BCUT2D eigenvalue weighted by Crippen LogP contribution is -2.57. The quantitative estimate of drug-likeness (QED) is 0.794. The molecule has 4 bridgehead atoms. The van der Waals surface area contributed by atoms with Crippen LogP contribution in [-0.4, -0.2) is 22.2 Å². The summed E-state index contributed by atoms with van der Waals surface area (Å²) in [7, 11) is 0. The molecule has 0 aromatic rings. The second kappa shape index (κ2) is 4.25. The van der Waals surface area contributed by atoms with Crippen molar-refractivity contribution in [2.75, 3.05) is 0 Å². The van der Waals surface area contributed by atoms with E-state index < -0.39 is 22.8 Å². The maximum Gasteiger partial charge on any atom is 0.309 e. The Bertz CT molecular complexity index is 328. The van der Waals surface area contributed by atoms with Gasteiger partial charge in [0.1, 0.15) is 0 Å². The number of hydrogen-bond acceptors (Lipinski definition) is 2. The molecule has 0 heterocycles. The minimum absolute atomic E-state index is 0.327. The van der Waals surface area contributed by atoms with Gasteiger partial charge in [0, 0.05) is 0 Å². The lowest BCUT2D eigenvalue weighted by molar-refractivity contribution is -0.187. The average molecular weight is 254 g/mol. The molecule has 4 nitrogen and oxygen atoms in total. The van der Waals surface area contributed by atoms with E-state index >= 15 is 0 Å². The topological polar surface area (TPSA) is 74.6 Å². The van der Waals surface area contributed by atoms with Gasteiger partial charge in [-0.3, -0.25) is 9.59 Å². The van der Waals surface area contributed by atoms with E-state index in [4.69, 9.17) is 0 Å². The van der Waals surface area contributed by atoms with E-state index in [0.29, 0.717) is 43.9 Å². The van der Waals surface area contributed by atoms with E-state index in [1.807, 2.05) is 13.8 Å². The van der Waals surface area contributed by atoms with Crippen LogP contribution in [0.15, 0.2) is 0 Å². The zero-order chi connectivity index (χ0) is 13.6. The third-order valence-corrected chi connectivity index (χ3v) is 4.97. The summed E-state index contributed by atoms with van der Waals surface area (Å²) in [5.41, 5.74) is -1.44. The number of hydrogen-bond donors (Lipinski definition) is 2. The van der Waals surface area contributed by atoms with Gasteiger partial charge in [0.2, 0.25) is 0 Å². The van der Waals surface area contributed by atoms with Crippen LogP contribution < -0.4 is 0 Å². The highest BCUT2D eigenvalue weighted by atomic mass is 16.4. The number of aliphatic carboxylic acids is 2. The highest BCUT2D eigenvalue weighted by molar-refractivity contribution is 5.81. The molecule has 0 radical (unpaired) electrons. The third kappa shape index (κ3) is 1.73. The minimum atomic E-state index is -0.771. The van der Waals surface area contributed by atoms with E-state index in [0.717, 1.165) is 6.42 Å². The molecule has 0 aromatic carbocycles. The molecule has 4 saturated carbocycles. The molecular weight excluding hydrogens is 232 g/mol. The number of carboxylic acid groups (broad SMARTS) is 2. The van der Waals surface area contributed by atoms with Crippen LogP contribution >= 0.6 is 0 Å². The molecule has 2 N–H and O–H groups in total. The maximum atomic E-state index is 11.4. The van der Waals surface area contributed by atoms with Crippen molar-refractivity contribution < 1.29 is 19.8 Å². The van der Waals surface area contributed by atoms with Gasteiger partial charge in [0.25, 0.3) is 0 Å². The van der Waals surface area contributed by atoms with Gasteiger partial charge in [0.15, 0.2) is 0 Å². The first-order chi connectivity index (χ1) is 8.46. The molecule has 4 fully saturated rings. The third-order valence-electron chi connectivity index (χ3n) is 4.97. The van der Waals surface area contributed by atoms with Crippen molar-refractivity contribution in [1.29, 1.82) is 0 Å². The summed E-state index contributed by atoms with van der Waals surface area (Å²) in [6, 6.07) is 0. The van der Waals surface area contributed by atoms with E-state index in [2.05, 4.69) is 0 Å². The predicted molar refractivity (Wildman–Crippen MR) is 66.2 cm³/mol. The van der Waals surface area contributed by atoms with Crippen molar-refractivity contribution in [3.8, 4) is 0 Å². The van der Waals surface area contributed by atoms with Gasteiger partial charge in [-0.15, -0.1) is 0 Å².